The van der Waals surface area contributed by atoms with Gasteiger partial charge in [0.1, 0.15) is 0 Å². The molecule has 0 heterocycles. The van der Waals surface area contributed by atoms with Crippen molar-refractivity contribution in [1.29, 1.82) is 0 Å². The van der Waals surface area contributed by atoms with Gasteiger partial charge >= 0.3 is 0 Å². The first-order valence-electron chi connectivity index (χ1n) is 5.68. The van der Waals surface area contributed by atoms with E-state index >= 15 is 0 Å². The molecule has 0 amide bonds. The second-order valence-corrected chi connectivity index (χ2v) is 4.15. The molecule has 0 saturated heterocycles. The Morgan fingerprint density at radius 3 is 2.33 bits per heavy atom. The van der Waals surface area contributed by atoms with Crippen LogP contribution in [0.5, 0.6) is 0 Å². The summed E-state index contributed by atoms with van der Waals surface area (Å²) in [5, 5.41) is 0. The van der Waals surface area contributed by atoms with E-state index in [-0.39, 0.29) is 0 Å². The van der Waals surface area contributed by atoms with Crippen LogP contribution in [0.4, 0.5) is 0 Å². The van der Waals surface area contributed by atoms with Crippen LogP contribution in [0.3, 0.4) is 0 Å². The van der Waals surface area contributed by atoms with E-state index in [1.165, 1.54) is 16.7 Å². The molecule has 1 aromatic rings. The van der Waals surface area contributed by atoms with Crippen molar-refractivity contribution in [2.24, 2.45) is 5.92 Å². The largest absolute Gasteiger partial charge is 0.103 e. The van der Waals surface area contributed by atoms with Gasteiger partial charge in [0, 0.05) is 12.3 Å². The van der Waals surface area contributed by atoms with Crippen molar-refractivity contribution in [1.82, 2.24) is 0 Å². The summed E-state index contributed by atoms with van der Waals surface area (Å²) in [6, 6.07) is 6.49. The van der Waals surface area contributed by atoms with Gasteiger partial charge in [-0.3, -0.25) is 0 Å². The van der Waals surface area contributed by atoms with Crippen LogP contribution in [0.1, 0.15) is 37.0 Å². The van der Waals surface area contributed by atoms with Gasteiger partial charge in [-0.15, -0.1) is 5.92 Å². The van der Waals surface area contributed by atoms with Crippen LogP contribution in [0.15, 0.2) is 18.2 Å². The minimum absolute atomic E-state index is 0.463. The fraction of sp³-hybridized carbons (Fsp3) is 0.467. The predicted octanol–water partition coefficient (Wildman–Crippen LogP) is 3.90. The van der Waals surface area contributed by atoms with E-state index in [2.05, 4.69) is 57.7 Å². The summed E-state index contributed by atoms with van der Waals surface area (Å²) in [6.07, 6.45) is 2.03. The van der Waals surface area contributed by atoms with Crippen molar-refractivity contribution in [2.75, 3.05) is 0 Å². The van der Waals surface area contributed by atoms with Gasteiger partial charge in [0.15, 0.2) is 0 Å². The highest BCUT2D eigenvalue weighted by molar-refractivity contribution is 5.34. The molecule has 0 aliphatic heterocycles. The maximum Gasteiger partial charge on any atom is 0.0215 e. The van der Waals surface area contributed by atoms with E-state index in [0.29, 0.717) is 5.92 Å². The third-order valence-electron chi connectivity index (χ3n) is 2.68. The van der Waals surface area contributed by atoms with E-state index < -0.39 is 0 Å². The summed E-state index contributed by atoms with van der Waals surface area (Å²) >= 11 is 0. The van der Waals surface area contributed by atoms with E-state index in [1.54, 1.807) is 0 Å². The molecule has 15 heavy (non-hydrogen) atoms. The fourth-order valence-corrected chi connectivity index (χ4v) is 1.80. The van der Waals surface area contributed by atoms with Crippen LogP contribution in [0.2, 0.25) is 0 Å². The second kappa shape index (κ2) is 5.61. The first-order chi connectivity index (χ1) is 7.15. The molecule has 0 radical (unpaired) electrons. The Kier molecular flexibility index (Phi) is 4.43. The van der Waals surface area contributed by atoms with Gasteiger partial charge < -0.3 is 0 Å². The van der Waals surface area contributed by atoms with Gasteiger partial charge in [0.05, 0.1) is 0 Å². The normalized spacial score (nSPS) is 11.7. The highest BCUT2D eigenvalue weighted by Crippen LogP contribution is 2.17. The molecule has 1 atom stereocenters. The lowest BCUT2D eigenvalue weighted by Gasteiger charge is -2.11. The Hall–Kier alpha value is -1.22. The topological polar surface area (TPSA) is 0 Å². The van der Waals surface area contributed by atoms with Crippen LogP contribution in [-0.4, -0.2) is 0 Å². The maximum absolute atomic E-state index is 3.29. The maximum atomic E-state index is 3.29. The third kappa shape index (κ3) is 3.44. The first-order valence-corrected chi connectivity index (χ1v) is 5.68. The zero-order valence-corrected chi connectivity index (χ0v) is 10.2. The lowest BCUT2D eigenvalue weighted by atomic mass is 9.94. The summed E-state index contributed by atoms with van der Waals surface area (Å²) in [5.74, 6) is 6.91. The Bertz CT molecular complexity index is 357. The number of rotatable bonds is 2. The molecule has 80 valence electrons. The Balaban J connectivity index is 2.80. The average molecular weight is 200 g/mol. The van der Waals surface area contributed by atoms with Gasteiger partial charge in [0.2, 0.25) is 0 Å². The molecule has 0 spiro atoms. The molecular weight excluding hydrogens is 180 g/mol. The van der Waals surface area contributed by atoms with E-state index in [4.69, 9.17) is 0 Å². The predicted molar refractivity (Wildman–Crippen MR) is 66.9 cm³/mol. The zero-order chi connectivity index (χ0) is 11.3. The molecule has 0 N–H and O–H groups in total. The third-order valence-corrected chi connectivity index (χ3v) is 2.68. The molecule has 0 heteroatoms. The van der Waals surface area contributed by atoms with Crippen molar-refractivity contribution >= 4 is 0 Å². The Morgan fingerprint density at radius 1 is 1.20 bits per heavy atom. The van der Waals surface area contributed by atoms with Gasteiger partial charge in [-0.2, -0.15) is 0 Å². The van der Waals surface area contributed by atoms with Gasteiger partial charge in [-0.25, -0.2) is 0 Å². The fourth-order valence-electron chi connectivity index (χ4n) is 1.80. The standard InChI is InChI=1S/C15H20/c1-5-6-8-12(2)11-15-13(3)9-7-10-14(15)4/h7,9-10,12H,5,11H2,1-4H3. The Labute approximate surface area is 93.7 Å². The highest BCUT2D eigenvalue weighted by Gasteiger charge is 2.05. The molecule has 0 aromatic heterocycles. The van der Waals surface area contributed by atoms with Crippen molar-refractivity contribution < 1.29 is 0 Å². The number of hydrogen-bond acceptors (Lipinski definition) is 0. The number of aryl methyl sites for hydroxylation is 2. The van der Waals surface area contributed by atoms with E-state index in [1.807, 2.05) is 0 Å². The highest BCUT2D eigenvalue weighted by atomic mass is 14.1. The number of hydrogen-bond donors (Lipinski definition) is 0. The van der Waals surface area contributed by atoms with Crippen molar-refractivity contribution in [3.05, 3.63) is 34.9 Å². The summed E-state index contributed by atoms with van der Waals surface area (Å²) in [5.41, 5.74) is 4.25. The second-order valence-electron chi connectivity index (χ2n) is 4.15. The molecule has 0 bridgehead atoms. The Morgan fingerprint density at radius 2 is 1.80 bits per heavy atom. The van der Waals surface area contributed by atoms with Crippen LogP contribution in [-0.2, 0) is 6.42 Å². The molecule has 1 unspecified atom stereocenters. The molecule has 0 saturated carbocycles. The lowest BCUT2D eigenvalue weighted by Crippen LogP contribution is -2.01. The van der Waals surface area contributed by atoms with Gasteiger partial charge in [-0.1, -0.05) is 38.0 Å². The van der Waals surface area contributed by atoms with Gasteiger partial charge in [0.25, 0.3) is 0 Å². The summed E-state index contributed by atoms with van der Waals surface area (Å²) in [7, 11) is 0. The quantitative estimate of drug-likeness (QED) is 0.635. The van der Waals surface area contributed by atoms with Crippen molar-refractivity contribution in [3.63, 3.8) is 0 Å². The van der Waals surface area contributed by atoms with E-state index in [0.717, 1.165) is 12.8 Å². The smallest absolute Gasteiger partial charge is 0.0215 e. The van der Waals surface area contributed by atoms with Crippen LogP contribution >= 0.6 is 0 Å². The van der Waals surface area contributed by atoms with Gasteiger partial charge in [-0.05, 0) is 37.0 Å². The van der Waals surface area contributed by atoms with Crippen LogP contribution in [0.25, 0.3) is 0 Å². The summed E-state index contributed by atoms with van der Waals surface area (Å²) in [4.78, 5) is 0. The minimum Gasteiger partial charge on any atom is -0.103 e. The van der Waals surface area contributed by atoms with Crippen LogP contribution in [0, 0.1) is 31.6 Å². The van der Waals surface area contributed by atoms with Crippen LogP contribution < -0.4 is 0 Å². The zero-order valence-electron chi connectivity index (χ0n) is 10.2. The summed E-state index contributed by atoms with van der Waals surface area (Å²) in [6.45, 7) is 8.66. The van der Waals surface area contributed by atoms with E-state index in [9.17, 15) is 0 Å². The van der Waals surface area contributed by atoms with Crippen molar-refractivity contribution in [2.45, 2.75) is 40.5 Å². The monoisotopic (exact) mass is 200 g/mol. The SMILES string of the molecule is CCC#CC(C)Cc1c(C)cccc1C. The first kappa shape index (κ1) is 11.9. The summed E-state index contributed by atoms with van der Waals surface area (Å²) < 4.78 is 0. The molecule has 1 rings (SSSR count). The molecule has 0 aliphatic rings. The molecule has 1 aromatic carbocycles. The molecule has 0 aliphatic carbocycles. The average Bonchev–Trinajstić information content (AvgIpc) is 2.21. The molecule has 0 nitrogen and oxygen atoms in total. The number of benzene rings is 1. The van der Waals surface area contributed by atoms with Crippen molar-refractivity contribution in [3.8, 4) is 11.8 Å². The lowest BCUT2D eigenvalue weighted by molar-refractivity contribution is 0.741. The minimum atomic E-state index is 0.463. The molecular formula is C15H20. The molecule has 0 fully saturated rings.